The van der Waals surface area contributed by atoms with E-state index in [0.29, 0.717) is 0 Å². The molecule has 0 spiro atoms. The summed E-state index contributed by atoms with van der Waals surface area (Å²) in [7, 11) is 0. The van der Waals surface area contributed by atoms with Gasteiger partial charge >= 0.3 is 0 Å². The van der Waals surface area contributed by atoms with Crippen LogP contribution in [0, 0.1) is 5.92 Å². The Morgan fingerprint density at radius 1 is 1.50 bits per heavy atom. The number of piperidine rings is 1. The van der Waals surface area contributed by atoms with Gasteiger partial charge in [0, 0.05) is 13.1 Å². The number of hydrogen-bond donors (Lipinski definition) is 1. The van der Waals surface area contributed by atoms with E-state index < -0.39 is 0 Å². The molecule has 2 heterocycles. The molecule has 1 fully saturated rings. The minimum absolute atomic E-state index is 0.235. The second-order valence-electron chi connectivity index (χ2n) is 4.07. The normalized spacial score (nSPS) is 22.4. The minimum atomic E-state index is 0.235. The van der Waals surface area contributed by atoms with Gasteiger partial charge < -0.3 is 10.0 Å². The molecular formula is C11H16N2O. The Morgan fingerprint density at radius 3 is 3.00 bits per heavy atom. The SMILES string of the molecule is CC1CCCN(c2ccc(O)cn2)C1. The molecule has 1 saturated heterocycles. The monoisotopic (exact) mass is 192 g/mol. The lowest BCUT2D eigenvalue weighted by Crippen LogP contribution is -2.34. The number of rotatable bonds is 1. The Kier molecular flexibility index (Phi) is 2.57. The quantitative estimate of drug-likeness (QED) is 0.739. The van der Waals surface area contributed by atoms with E-state index in [1.165, 1.54) is 19.0 Å². The van der Waals surface area contributed by atoms with Crippen molar-refractivity contribution in [3.63, 3.8) is 0 Å². The first-order valence-corrected chi connectivity index (χ1v) is 5.15. The van der Waals surface area contributed by atoms with E-state index in [9.17, 15) is 0 Å². The lowest BCUT2D eigenvalue weighted by Gasteiger charge is -2.31. The number of anilines is 1. The smallest absolute Gasteiger partial charge is 0.134 e. The molecule has 0 aromatic carbocycles. The molecule has 3 nitrogen and oxygen atoms in total. The highest BCUT2D eigenvalue weighted by molar-refractivity contribution is 5.40. The summed E-state index contributed by atoms with van der Waals surface area (Å²) in [6.07, 6.45) is 4.06. The first kappa shape index (κ1) is 9.31. The number of hydrogen-bond acceptors (Lipinski definition) is 3. The fourth-order valence-corrected chi connectivity index (χ4v) is 1.96. The highest BCUT2D eigenvalue weighted by atomic mass is 16.3. The van der Waals surface area contributed by atoms with Crippen molar-refractivity contribution in [3.05, 3.63) is 18.3 Å². The molecule has 1 aliphatic heterocycles. The van der Waals surface area contributed by atoms with Crippen molar-refractivity contribution in [3.8, 4) is 5.75 Å². The van der Waals surface area contributed by atoms with Crippen molar-refractivity contribution in [1.82, 2.24) is 4.98 Å². The van der Waals surface area contributed by atoms with Gasteiger partial charge in [-0.15, -0.1) is 0 Å². The third-order valence-corrected chi connectivity index (χ3v) is 2.71. The summed E-state index contributed by atoms with van der Waals surface area (Å²) in [5, 5.41) is 9.13. The zero-order valence-corrected chi connectivity index (χ0v) is 8.48. The fraction of sp³-hybridized carbons (Fsp3) is 0.545. The molecule has 2 rings (SSSR count). The van der Waals surface area contributed by atoms with E-state index in [-0.39, 0.29) is 5.75 Å². The first-order chi connectivity index (χ1) is 6.75. The second kappa shape index (κ2) is 3.86. The lowest BCUT2D eigenvalue weighted by atomic mass is 10.0. The van der Waals surface area contributed by atoms with Crippen molar-refractivity contribution >= 4 is 5.82 Å². The van der Waals surface area contributed by atoms with Gasteiger partial charge in [-0.2, -0.15) is 0 Å². The molecule has 1 aliphatic rings. The largest absolute Gasteiger partial charge is 0.506 e. The van der Waals surface area contributed by atoms with Gasteiger partial charge in [0.05, 0.1) is 6.20 Å². The maximum atomic E-state index is 9.13. The van der Waals surface area contributed by atoms with Crippen LogP contribution in [0.15, 0.2) is 18.3 Å². The number of aromatic nitrogens is 1. The van der Waals surface area contributed by atoms with E-state index in [0.717, 1.165) is 24.8 Å². The van der Waals surface area contributed by atoms with Crippen molar-refractivity contribution in [2.45, 2.75) is 19.8 Å². The highest BCUT2D eigenvalue weighted by Crippen LogP contribution is 2.21. The molecule has 14 heavy (non-hydrogen) atoms. The van der Waals surface area contributed by atoms with Gasteiger partial charge in [-0.05, 0) is 30.9 Å². The summed E-state index contributed by atoms with van der Waals surface area (Å²) in [6.45, 7) is 4.44. The Labute approximate surface area is 84.4 Å². The molecular weight excluding hydrogens is 176 g/mol. The summed E-state index contributed by atoms with van der Waals surface area (Å²) in [4.78, 5) is 6.50. The van der Waals surface area contributed by atoms with Crippen LogP contribution in [0.25, 0.3) is 0 Å². The topological polar surface area (TPSA) is 36.4 Å². The summed E-state index contributed by atoms with van der Waals surface area (Å²) in [5.74, 6) is 1.97. The van der Waals surface area contributed by atoms with Gasteiger partial charge in [-0.25, -0.2) is 4.98 Å². The van der Waals surface area contributed by atoms with E-state index >= 15 is 0 Å². The van der Waals surface area contributed by atoms with Crippen LogP contribution in [0.5, 0.6) is 5.75 Å². The van der Waals surface area contributed by atoms with Gasteiger partial charge in [0.15, 0.2) is 0 Å². The van der Waals surface area contributed by atoms with Crippen LogP contribution in [-0.4, -0.2) is 23.2 Å². The van der Waals surface area contributed by atoms with E-state index in [2.05, 4.69) is 16.8 Å². The van der Waals surface area contributed by atoms with E-state index in [1.54, 1.807) is 6.07 Å². The maximum Gasteiger partial charge on any atom is 0.134 e. The second-order valence-corrected chi connectivity index (χ2v) is 4.07. The predicted molar refractivity (Wildman–Crippen MR) is 56.5 cm³/mol. The summed E-state index contributed by atoms with van der Waals surface area (Å²) in [6, 6.07) is 3.58. The van der Waals surface area contributed by atoms with E-state index in [1.807, 2.05) is 6.07 Å². The average molecular weight is 192 g/mol. The fourth-order valence-electron chi connectivity index (χ4n) is 1.96. The molecule has 1 atom stereocenters. The molecule has 0 saturated carbocycles. The van der Waals surface area contributed by atoms with Crippen LogP contribution in [0.4, 0.5) is 5.82 Å². The lowest BCUT2D eigenvalue weighted by molar-refractivity contribution is 0.443. The summed E-state index contributed by atoms with van der Waals surface area (Å²) < 4.78 is 0. The van der Waals surface area contributed by atoms with Crippen LogP contribution >= 0.6 is 0 Å². The molecule has 1 aromatic heterocycles. The Morgan fingerprint density at radius 2 is 2.36 bits per heavy atom. The Bertz CT molecular complexity index is 297. The van der Waals surface area contributed by atoms with Gasteiger partial charge in [-0.1, -0.05) is 6.92 Å². The molecule has 0 radical (unpaired) electrons. The van der Waals surface area contributed by atoms with Crippen LogP contribution < -0.4 is 4.90 Å². The molecule has 3 heteroatoms. The van der Waals surface area contributed by atoms with Gasteiger partial charge in [-0.3, -0.25) is 0 Å². The predicted octanol–water partition coefficient (Wildman–Crippen LogP) is 2.02. The average Bonchev–Trinajstić information content (AvgIpc) is 2.19. The number of nitrogens with zero attached hydrogens (tertiary/aromatic N) is 2. The van der Waals surface area contributed by atoms with Crippen LogP contribution in [0.3, 0.4) is 0 Å². The van der Waals surface area contributed by atoms with Gasteiger partial charge in [0.25, 0.3) is 0 Å². The minimum Gasteiger partial charge on any atom is -0.506 e. The third-order valence-electron chi connectivity index (χ3n) is 2.71. The molecule has 0 bridgehead atoms. The molecule has 0 aliphatic carbocycles. The maximum absolute atomic E-state index is 9.13. The zero-order valence-electron chi connectivity index (χ0n) is 8.48. The van der Waals surface area contributed by atoms with Gasteiger partial charge in [0.1, 0.15) is 11.6 Å². The van der Waals surface area contributed by atoms with Gasteiger partial charge in [0.2, 0.25) is 0 Å². The van der Waals surface area contributed by atoms with Crippen molar-refractivity contribution in [2.75, 3.05) is 18.0 Å². The Balaban J connectivity index is 2.10. The standard InChI is InChI=1S/C11H16N2O/c1-9-3-2-6-13(8-9)11-5-4-10(14)7-12-11/h4-5,7,9,14H,2-3,6,8H2,1H3. The molecule has 1 aromatic rings. The van der Waals surface area contributed by atoms with E-state index in [4.69, 9.17) is 5.11 Å². The summed E-state index contributed by atoms with van der Waals surface area (Å²) >= 11 is 0. The molecule has 0 amide bonds. The molecule has 76 valence electrons. The van der Waals surface area contributed by atoms with Crippen molar-refractivity contribution < 1.29 is 5.11 Å². The zero-order chi connectivity index (χ0) is 9.97. The first-order valence-electron chi connectivity index (χ1n) is 5.15. The van der Waals surface area contributed by atoms with Crippen LogP contribution in [-0.2, 0) is 0 Å². The highest BCUT2D eigenvalue weighted by Gasteiger charge is 2.16. The van der Waals surface area contributed by atoms with Crippen LogP contribution in [0.2, 0.25) is 0 Å². The molecule has 1 unspecified atom stereocenters. The molecule has 1 N–H and O–H groups in total. The van der Waals surface area contributed by atoms with Crippen molar-refractivity contribution in [1.29, 1.82) is 0 Å². The number of pyridine rings is 1. The number of aromatic hydroxyl groups is 1. The van der Waals surface area contributed by atoms with Crippen molar-refractivity contribution in [2.24, 2.45) is 5.92 Å². The Hall–Kier alpha value is -1.25. The summed E-state index contributed by atoms with van der Waals surface area (Å²) in [5.41, 5.74) is 0. The third kappa shape index (κ3) is 1.97. The van der Waals surface area contributed by atoms with Crippen LogP contribution in [0.1, 0.15) is 19.8 Å².